The van der Waals surface area contributed by atoms with Crippen molar-refractivity contribution in [3.05, 3.63) is 28.3 Å². The Kier molecular flexibility index (Phi) is 6.78. The van der Waals surface area contributed by atoms with E-state index in [0.29, 0.717) is 0 Å². The van der Waals surface area contributed by atoms with Gasteiger partial charge in [0.1, 0.15) is 12.3 Å². The standard InChI is InChI=1S/C19H25N3O7/c1-11(2)21(12(3)4)19(25)13(5)29-18(24)9-20-15-8-14(22(26)27)6-7-16(15)28-10-17(20)23/h6-8,11-13H,9-10H2,1-5H3/t13-/m0/s1. The highest BCUT2D eigenvalue weighted by molar-refractivity contribution is 6.02. The van der Waals surface area contributed by atoms with Gasteiger partial charge in [-0.1, -0.05) is 0 Å². The van der Waals surface area contributed by atoms with Gasteiger partial charge in [-0.15, -0.1) is 0 Å². The summed E-state index contributed by atoms with van der Waals surface area (Å²) in [6, 6.07) is 3.63. The molecule has 158 valence electrons. The van der Waals surface area contributed by atoms with Gasteiger partial charge >= 0.3 is 5.97 Å². The molecule has 2 rings (SSSR count). The third kappa shape index (κ3) is 5.01. The van der Waals surface area contributed by atoms with Gasteiger partial charge in [0.2, 0.25) is 0 Å². The van der Waals surface area contributed by atoms with E-state index in [9.17, 15) is 24.5 Å². The molecule has 0 fully saturated rings. The van der Waals surface area contributed by atoms with Gasteiger partial charge in [-0.3, -0.25) is 29.4 Å². The van der Waals surface area contributed by atoms with Crippen molar-refractivity contribution in [1.29, 1.82) is 0 Å². The molecule has 0 unspecified atom stereocenters. The van der Waals surface area contributed by atoms with E-state index >= 15 is 0 Å². The highest BCUT2D eigenvalue weighted by Gasteiger charge is 2.32. The van der Waals surface area contributed by atoms with Crippen LogP contribution in [-0.2, 0) is 19.1 Å². The second-order valence-electron chi connectivity index (χ2n) is 7.24. The van der Waals surface area contributed by atoms with Crippen molar-refractivity contribution in [2.24, 2.45) is 0 Å². The minimum absolute atomic E-state index is 0.0723. The number of hydrogen-bond acceptors (Lipinski definition) is 7. The zero-order chi connectivity index (χ0) is 21.9. The number of ether oxygens (including phenoxy) is 2. The van der Waals surface area contributed by atoms with Gasteiger partial charge in [0.25, 0.3) is 17.5 Å². The number of esters is 1. The summed E-state index contributed by atoms with van der Waals surface area (Å²) >= 11 is 0. The molecule has 0 aromatic heterocycles. The molecule has 1 aromatic carbocycles. The fourth-order valence-electron chi connectivity index (χ4n) is 3.21. The van der Waals surface area contributed by atoms with Crippen LogP contribution in [0.1, 0.15) is 34.6 Å². The predicted octanol–water partition coefficient (Wildman–Crippen LogP) is 1.90. The lowest BCUT2D eigenvalue weighted by Crippen LogP contribution is -2.48. The minimum atomic E-state index is -1.03. The first-order chi connectivity index (χ1) is 13.5. The van der Waals surface area contributed by atoms with Crippen LogP contribution in [0, 0.1) is 10.1 Å². The van der Waals surface area contributed by atoms with Crippen LogP contribution in [0.4, 0.5) is 11.4 Å². The maximum Gasteiger partial charge on any atom is 0.326 e. The molecule has 0 bridgehead atoms. The summed E-state index contributed by atoms with van der Waals surface area (Å²) in [6.45, 7) is 8.13. The highest BCUT2D eigenvalue weighted by atomic mass is 16.6. The van der Waals surface area contributed by atoms with Crippen molar-refractivity contribution in [1.82, 2.24) is 4.90 Å². The number of amides is 2. The SMILES string of the molecule is CC(C)N(C(=O)[C@H](C)OC(=O)CN1C(=O)COc2ccc([N+](=O)[O-])cc21)C(C)C. The molecular formula is C19H25N3O7. The number of anilines is 1. The first kappa shape index (κ1) is 22.1. The van der Waals surface area contributed by atoms with E-state index in [4.69, 9.17) is 9.47 Å². The number of rotatable bonds is 7. The fraction of sp³-hybridized carbons (Fsp3) is 0.526. The lowest BCUT2D eigenvalue weighted by Gasteiger charge is -2.33. The van der Waals surface area contributed by atoms with Gasteiger partial charge < -0.3 is 14.4 Å². The maximum absolute atomic E-state index is 12.6. The third-order valence-electron chi connectivity index (χ3n) is 4.41. The number of fused-ring (bicyclic) bond motifs is 1. The van der Waals surface area contributed by atoms with E-state index in [0.717, 1.165) is 11.0 Å². The van der Waals surface area contributed by atoms with E-state index in [2.05, 4.69) is 0 Å². The maximum atomic E-state index is 12.6. The molecule has 29 heavy (non-hydrogen) atoms. The number of hydrogen-bond donors (Lipinski definition) is 0. The van der Waals surface area contributed by atoms with Crippen molar-refractivity contribution in [2.45, 2.75) is 52.8 Å². The fourth-order valence-corrected chi connectivity index (χ4v) is 3.21. The van der Waals surface area contributed by atoms with E-state index in [1.807, 2.05) is 27.7 Å². The lowest BCUT2D eigenvalue weighted by atomic mass is 10.2. The second-order valence-corrected chi connectivity index (χ2v) is 7.24. The molecule has 10 heteroatoms. The van der Waals surface area contributed by atoms with Gasteiger partial charge in [-0.2, -0.15) is 0 Å². The van der Waals surface area contributed by atoms with Crippen LogP contribution in [0.5, 0.6) is 5.75 Å². The molecule has 1 atom stereocenters. The largest absolute Gasteiger partial charge is 0.482 e. The van der Waals surface area contributed by atoms with Crippen molar-refractivity contribution in [2.75, 3.05) is 18.1 Å². The molecule has 1 heterocycles. The summed E-state index contributed by atoms with van der Waals surface area (Å²) in [6.07, 6.45) is -1.03. The van der Waals surface area contributed by atoms with Crippen molar-refractivity contribution in [3.63, 3.8) is 0 Å². The summed E-state index contributed by atoms with van der Waals surface area (Å²) in [5, 5.41) is 11.0. The molecule has 1 aliphatic rings. The summed E-state index contributed by atoms with van der Waals surface area (Å²) in [7, 11) is 0. The molecular weight excluding hydrogens is 382 g/mol. The average Bonchev–Trinajstić information content (AvgIpc) is 2.62. The van der Waals surface area contributed by atoms with Crippen molar-refractivity contribution in [3.8, 4) is 5.75 Å². The van der Waals surface area contributed by atoms with Crippen molar-refractivity contribution < 1.29 is 28.8 Å². The molecule has 10 nitrogen and oxygen atoms in total. The monoisotopic (exact) mass is 407 g/mol. The van der Waals surface area contributed by atoms with Gasteiger partial charge in [0.15, 0.2) is 12.7 Å². The Balaban J connectivity index is 2.14. The first-order valence-electron chi connectivity index (χ1n) is 9.26. The van der Waals surface area contributed by atoms with Gasteiger partial charge in [-0.25, -0.2) is 0 Å². The highest BCUT2D eigenvalue weighted by Crippen LogP contribution is 2.35. The number of carbonyl (C=O) groups excluding carboxylic acids is 3. The Morgan fingerprint density at radius 2 is 1.86 bits per heavy atom. The number of nitrogens with zero attached hydrogens (tertiary/aromatic N) is 3. The Bertz CT molecular complexity index is 814. The number of non-ortho nitro benzene ring substituents is 1. The van der Waals surface area contributed by atoms with Crippen molar-refractivity contribution >= 4 is 29.2 Å². The zero-order valence-electron chi connectivity index (χ0n) is 17.1. The van der Waals surface area contributed by atoms with Crippen LogP contribution in [-0.4, -0.2) is 58.9 Å². The van der Waals surface area contributed by atoms with Crippen LogP contribution in [0.15, 0.2) is 18.2 Å². The molecule has 0 spiro atoms. The molecule has 0 radical (unpaired) electrons. The van der Waals surface area contributed by atoms with Crippen LogP contribution in [0.25, 0.3) is 0 Å². The Morgan fingerprint density at radius 3 is 2.41 bits per heavy atom. The van der Waals surface area contributed by atoms with E-state index < -0.39 is 29.4 Å². The summed E-state index contributed by atoms with van der Waals surface area (Å²) < 4.78 is 10.5. The molecule has 0 aliphatic carbocycles. The van der Waals surface area contributed by atoms with Crippen LogP contribution in [0.3, 0.4) is 0 Å². The Morgan fingerprint density at radius 1 is 1.24 bits per heavy atom. The topological polar surface area (TPSA) is 119 Å². The first-order valence-corrected chi connectivity index (χ1v) is 9.26. The normalized spacial score (nSPS) is 14.3. The van der Waals surface area contributed by atoms with Gasteiger partial charge in [-0.05, 0) is 40.7 Å². The summed E-state index contributed by atoms with van der Waals surface area (Å²) in [4.78, 5) is 50.3. The number of nitro groups is 1. The number of benzene rings is 1. The summed E-state index contributed by atoms with van der Waals surface area (Å²) in [5.74, 6) is -1.43. The number of nitro benzene ring substituents is 1. The minimum Gasteiger partial charge on any atom is -0.482 e. The predicted molar refractivity (Wildman–Crippen MR) is 104 cm³/mol. The van der Waals surface area contributed by atoms with Crippen LogP contribution >= 0.6 is 0 Å². The van der Waals surface area contributed by atoms with E-state index in [1.54, 1.807) is 4.90 Å². The second kappa shape index (κ2) is 8.89. The van der Waals surface area contributed by atoms with E-state index in [1.165, 1.54) is 19.1 Å². The lowest BCUT2D eigenvalue weighted by molar-refractivity contribution is -0.384. The Hall–Kier alpha value is -3.17. The third-order valence-corrected chi connectivity index (χ3v) is 4.41. The van der Waals surface area contributed by atoms with Gasteiger partial charge in [0, 0.05) is 24.2 Å². The van der Waals surface area contributed by atoms with Crippen LogP contribution < -0.4 is 9.64 Å². The Labute approximate surface area is 168 Å². The zero-order valence-corrected chi connectivity index (χ0v) is 17.1. The van der Waals surface area contributed by atoms with Gasteiger partial charge in [0.05, 0.1) is 10.6 Å². The molecule has 1 aromatic rings. The average molecular weight is 407 g/mol. The quantitative estimate of drug-likeness (QED) is 0.385. The smallest absolute Gasteiger partial charge is 0.326 e. The molecule has 0 saturated heterocycles. The molecule has 1 aliphatic heterocycles. The summed E-state index contributed by atoms with van der Waals surface area (Å²) in [5.41, 5.74) is -0.133. The number of carbonyl (C=O) groups is 3. The molecule has 2 amide bonds. The van der Waals surface area contributed by atoms with Crippen LogP contribution in [0.2, 0.25) is 0 Å². The molecule has 0 saturated carbocycles. The molecule has 0 N–H and O–H groups in total. The van der Waals surface area contributed by atoms with E-state index in [-0.39, 0.29) is 41.7 Å².